The summed E-state index contributed by atoms with van der Waals surface area (Å²) < 4.78 is 5.43. The number of hydrogen-bond donors (Lipinski definition) is 0. The topological polar surface area (TPSA) is 26.3 Å². The van der Waals surface area contributed by atoms with E-state index in [1.165, 1.54) is 0 Å². The maximum Gasteiger partial charge on any atom is 0.322 e. The Morgan fingerprint density at radius 2 is 1.83 bits per heavy atom. The van der Waals surface area contributed by atoms with Crippen molar-refractivity contribution in [1.29, 1.82) is 0 Å². The Bertz CT molecular complexity index is 434. The number of rotatable bonds is 3. The minimum absolute atomic E-state index is 0.281. The van der Waals surface area contributed by atoms with Crippen molar-refractivity contribution >= 4 is 5.97 Å². The molecule has 96 valence electrons. The van der Waals surface area contributed by atoms with Crippen LogP contribution in [-0.2, 0) is 9.53 Å². The van der Waals surface area contributed by atoms with Crippen molar-refractivity contribution in [2.24, 2.45) is 11.3 Å². The monoisotopic (exact) mass is 244 g/mol. The number of terminal acetylenes is 1. The highest BCUT2D eigenvalue weighted by molar-refractivity contribution is 5.76. The predicted octanol–water partition coefficient (Wildman–Crippen LogP) is 3.59. The van der Waals surface area contributed by atoms with Gasteiger partial charge < -0.3 is 4.74 Å². The van der Waals surface area contributed by atoms with Gasteiger partial charge in [0.05, 0.1) is 0 Å². The number of carbonyl (C=O) groups excluding carboxylic acids is 1. The van der Waals surface area contributed by atoms with Crippen molar-refractivity contribution < 1.29 is 9.53 Å². The van der Waals surface area contributed by atoms with Gasteiger partial charge in [-0.3, -0.25) is 4.79 Å². The highest BCUT2D eigenvalue weighted by Gasteiger charge is 2.31. The molecule has 0 saturated heterocycles. The van der Waals surface area contributed by atoms with Gasteiger partial charge in [-0.15, -0.1) is 6.42 Å². The quantitative estimate of drug-likeness (QED) is 0.600. The molecule has 0 radical (unpaired) electrons. The zero-order valence-corrected chi connectivity index (χ0v) is 11.4. The summed E-state index contributed by atoms with van der Waals surface area (Å²) >= 11 is 0. The first-order valence-electron chi connectivity index (χ1n) is 6.08. The van der Waals surface area contributed by atoms with Gasteiger partial charge in [0.25, 0.3) is 0 Å². The first-order valence-corrected chi connectivity index (χ1v) is 6.08. The first kappa shape index (κ1) is 14.3. The summed E-state index contributed by atoms with van der Waals surface area (Å²) in [6.07, 6.45) is 5.14. The Morgan fingerprint density at radius 3 is 2.28 bits per heavy atom. The molecule has 0 aromatic heterocycles. The summed E-state index contributed by atoms with van der Waals surface area (Å²) in [4.78, 5) is 12.0. The molecule has 2 nitrogen and oxygen atoms in total. The van der Waals surface area contributed by atoms with E-state index in [9.17, 15) is 4.79 Å². The zero-order valence-electron chi connectivity index (χ0n) is 11.4. The highest BCUT2D eigenvalue weighted by Crippen LogP contribution is 2.28. The zero-order chi connectivity index (χ0) is 13.8. The van der Waals surface area contributed by atoms with Crippen molar-refractivity contribution in [3.8, 4) is 12.3 Å². The fraction of sp³-hybridized carbons (Fsp3) is 0.438. The van der Waals surface area contributed by atoms with Crippen molar-refractivity contribution in [1.82, 2.24) is 0 Å². The molecule has 2 heteroatoms. The summed E-state index contributed by atoms with van der Waals surface area (Å²) in [5.41, 5.74) is 0.679. The average Bonchev–Trinajstić information content (AvgIpc) is 2.29. The normalized spacial score (nSPS) is 14.4. The summed E-state index contributed by atoms with van der Waals surface area (Å²) in [5, 5.41) is 0. The first-order chi connectivity index (χ1) is 8.36. The largest absolute Gasteiger partial charge is 0.457 e. The van der Waals surface area contributed by atoms with E-state index in [1.807, 2.05) is 58.0 Å². The van der Waals surface area contributed by atoms with E-state index in [-0.39, 0.29) is 17.5 Å². The molecule has 0 fully saturated rings. The number of ether oxygens (including phenoxy) is 1. The Labute approximate surface area is 109 Å². The van der Waals surface area contributed by atoms with Crippen molar-refractivity contribution in [3.05, 3.63) is 35.9 Å². The predicted molar refractivity (Wildman–Crippen MR) is 72.7 cm³/mol. The molecule has 1 aromatic carbocycles. The van der Waals surface area contributed by atoms with E-state index >= 15 is 0 Å². The van der Waals surface area contributed by atoms with Crippen LogP contribution >= 0.6 is 0 Å². The van der Waals surface area contributed by atoms with Crippen molar-refractivity contribution in [2.45, 2.75) is 33.8 Å². The fourth-order valence-electron chi connectivity index (χ4n) is 1.71. The third kappa shape index (κ3) is 3.63. The standard InChI is InChI=1S/C16H20O2/c1-6-14(16(3,4)5)15(17)18-12(2)13-10-8-7-9-11-13/h1,7-12,14H,2-5H3. The van der Waals surface area contributed by atoms with Crippen LogP contribution in [0, 0.1) is 23.7 Å². The molecular weight excluding hydrogens is 224 g/mol. The molecule has 0 aliphatic heterocycles. The summed E-state index contributed by atoms with van der Waals surface area (Å²) in [5.74, 6) is 1.67. The summed E-state index contributed by atoms with van der Waals surface area (Å²) in [6, 6.07) is 9.63. The van der Waals surface area contributed by atoms with Crippen molar-refractivity contribution in [3.63, 3.8) is 0 Å². The van der Waals surface area contributed by atoms with Gasteiger partial charge >= 0.3 is 5.97 Å². The average molecular weight is 244 g/mol. The Balaban J connectivity index is 2.74. The second-order valence-electron chi connectivity index (χ2n) is 5.46. The van der Waals surface area contributed by atoms with E-state index in [4.69, 9.17) is 11.2 Å². The van der Waals surface area contributed by atoms with Crippen molar-refractivity contribution in [2.75, 3.05) is 0 Å². The Hall–Kier alpha value is -1.75. The van der Waals surface area contributed by atoms with E-state index in [0.29, 0.717) is 0 Å². The lowest BCUT2D eigenvalue weighted by atomic mass is 9.81. The minimum Gasteiger partial charge on any atom is -0.457 e. The van der Waals surface area contributed by atoms with E-state index < -0.39 is 5.92 Å². The van der Waals surface area contributed by atoms with Gasteiger partial charge in [-0.2, -0.15) is 0 Å². The van der Waals surface area contributed by atoms with Gasteiger partial charge in [0.1, 0.15) is 12.0 Å². The molecule has 0 aliphatic carbocycles. The molecule has 2 atom stereocenters. The summed E-state index contributed by atoms with van der Waals surface area (Å²) in [6.45, 7) is 7.66. The lowest BCUT2D eigenvalue weighted by Gasteiger charge is -2.26. The van der Waals surface area contributed by atoms with Gasteiger partial charge in [0.2, 0.25) is 0 Å². The highest BCUT2D eigenvalue weighted by atomic mass is 16.5. The van der Waals surface area contributed by atoms with Crippen LogP contribution < -0.4 is 0 Å². The number of carbonyl (C=O) groups is 1. The smallest absolute Gasteiger partial charge is 0.322 e. The second kappa shape index (κ2) is 5.73. The van der Waals surface area contributed by atoms with E-state index in [0.717, 1.165) is 5.56 Å². The molecule has 0 heterocycles. The number of hydrogen-bond acceptors (Lipinski definition) is 2. The third-order valence-electron chi connectivity index (χ3n) is 2.83. The second-order valence-corrected chi connectivity index (χ2v) is 5.46. The number of esters is 1. The van der Waals surface area contributed by atoms with Crippen LogP contribution in [0.5, 0.6) is 0 Å². The molecule has 0 N–H and O–H groups in total. The number of benzene rings is 1. The van der Waals surface area contributed by atoms with Gasteiger partial charge in [-0.1, -0.05) is 57.0 Å². The van der Waals surface area contributed by atoms with Crippen LogP contribution in [-0.4, -0.2) is 5.97 Å². The third-order valence-corrected chi connectivity index (χ3v) is 2.83. The summed E-state index contributed by atoms with van der Waals surface area (Å²) in [7, 11) is 0. The lowest BCUT2D eigenvalue weighted by molar-refractivity contribution is -0.154. The molecule has 1 aromatic rings. The molecular formula is C16H20O2. The maximum atomic E-state index is 12.0. The molecule has 0 amide bonds. The molecule has 2 unspecified atom stereocenters. The van der Waals surface area contributed by atoms with Crippen LogP contribution in [0.15, 0.2) is 30.3 Å². The van der Waals surface area contributed by atoms with Crippen LogP contribution in [0.1, 0.15) is 39.4 Å². The van der Waals surface area contributed by atoms with Gasteiger partial charge in [0.15, 0.2) is 0 Å². The van der Waals surface area contributed by atoms with Crippen LogP contribution in [0.2, 0.25) is 0 Å². The molecule has 0 saturated carbocycles. The fourth-order valence-corrected chi connectivity index (χ4v) is 1.71. The van der Waals surface area contributed by atoms with Crippen LogP contribution in [0.3, 0.4) is 0 Å². The van der Waals surface area contributed by atoms with Gasteiger partial charge in [0, 0.05) is 0 Å². The van der Waals surface area contributed by atoms with Crippen LogP contribution in [0.25, 0.3) is 0 Å². The molecule has 1 rings (SSSR count). The SMILES string of the molecule is C#CC(C(=O)OC(C)c1ccccc1)C(C)(C)C. The lowest BCUT2D eigenvalue weighted by Crippen LogP contribution is -2.29. The molecule has 0 spiro atoms. The van der Waals surface area contributed by atoms with Gasteiger partial charge in [-0.25, -0.2) is 0 Å². The van der Waals surface area contributed by atoms with Gasteiger partial charge in [-0.05, 0) is 17.9 Å². The van der Waals surface area contributed by atoms with E-state index in [2.05, 4.69) is 5.92 Å². The van der Waals surface area contributed by atoms with E-state index in [1.54, 1.807) is 0 Å². The molecule has 0 aliphatic rings. The molecule has 0 bridgehead atoms. The Morgan fingerprint density at radius 1 is 1.28 bits per heavy atom. The van der Waals surface area contributed by atoms with Crippen LogP contribution in [0.4, 0.5) is 0 Å². The Kier molecular flexibility index (Phi) is 4.55. The maximum absolute atomic E-state index is 12.0. The minimum atomic E-state index is -0.524. The molecule has 18 heavy (non-hydrogen) atoms.